The summed E-state index contributed by atoms with van der Waals surface area (Å²) in [6, 6.07) is 6.24. The van der Waals surface area contributed by atoms with E-state index in [1.54, 1.807) is 17.0 Å². The van der Waals surface area contributed by atoms with Crippen molar-refractivity contribution >= 4 is 21.8 Å². The minimum Gasteiger partial charge on any atom is -0.356 e. The van der Waals surface area contributed by atoms with Crippen LogP contribution in [0, 0.1) is 5.92 Å². The predicted molar refractivity (Wildman–Crippen MR) is 96.2 cm³/mol. The van der Waals surface area contributed by atoms with Gasteiger partial charge in [-0.15, -0.1) is 0 Å². The molecule has 7 nitrogen and oxygen atoms in total. The van der Waals surface area contributed by atoms with Gasteiger partial charge in [0.25, 0.3) is 0 Å². The van der Waals surface area contributed by atoms with E-state index in [1.807, 2.05) is 13.8 Å². The first kappa shape index (κ1) is 21.1. The zero-order valence-corrected chi connectivity index (χ0v) is 15.8. The molecule has 0 fully saturated rings. The Balaban J connectivity index is 2.38. The molecule has 0 aliphatic rings. The van der Waals surface area contributed by atoms with Gasteiger partial charge >= 0.3 is 0 Å². The maximum atomic E-state index is 11.9. The Kier molecular flexibility index (Phi) is 8.05. The average molecular weight is 369 g/mol. The zero-order chi connectivity index (χ0) is 19.0. The number of hydrogen-bond acceptors (Lipinski definition) is 4. The van der Waals surface area contributed by atoms with Gasteiger partial charge in [-0.2, -0.15) is 0 Å². The Bertz CT molecular complexity index is 684. The number of amides is 2. The molecule has 140 valence electrons. The number of primary sulfonamides is 1. The van der Waals surface area contributed by atoms with Crippen LogP contribution in [0.4, 0.5) is 0 Å². The highest BCUT2D eigenvalue weighted by atomic mass is 32.2. The molecule has 0 aliphatic heterocycles. The van der Waals surface area contributed by atoms with Crippen LogP contribution >= 0.6 is 0 Å². The molecular weight excluding hydrogens is 342 g/mol. The Labute approximate surface area is 149 Å². The molecule has 3 N–H and O–H groups in total. The zero-order valence-electron chi connectivity index (χ0n) is 15.0. The molecule has 0 radical (unpaired) electrons. The van der Waals surface area contributed by atoms with Gasteiger partial charge in [-0.25, -0.2) is 13.6 Å². The van der Waals surface area contributed by atoms with Crippen LogP contribution < -0.4 is 10.5 Å². The van der Waals surface area contributed by atoms with Crippen molar-refractivity contribution in [3.63, 3.8) is 0 Å². The van der Waals surface area contributed by atoms with Gasteiger partial charge in [0.15, 0.2) is 0 Å². The maximum Gasteiger partial charge on any atom is 0.238 e. The molecule has 2 amide bonds. The number of carbonyl (C=O) groups excluding carboxylic acids is 2. The summed E-state index contributed by atoms with van der Waals surface area (Å²) in [7, 11) is -3.69. The molecule has 1 aromatic carbocycles. The van der Waals surface area contributed by atoms with Crippen molar-refractivity contribution in [3.05, 3.63) is 29.8 Å². The lowest BCUT2D eigenvalue weighted by Crippen LogP contribution is -2.36. The van der Waals surface area contributed by atoms with E-state index in [4.69, 9.17) is 5.14 Å². The first-order chi connectivity index (χ1) is 11.6. The van der Waals surface area contributed by atoms with Crippen molar-refractivity contribution in [1.29, 1.82) is 0 Å². The summed E-state index contributed by atoms with van der Waals surface area (Å²) in [4.78, 5) is 25.2. The first-order valence-electron chi connectivity index (χ1n) is 8.23. The third-order valence-corrected chi connectivity index (χ3v) is 4.56. The summed E-state index contributed by atoms with van der Waals surface area (Å²) in [5.41, 5.74) is 0.901. The molecule has 0 bridgehead atoms. The van der Waals surface area contributed by atoms with Crippen LogP contribution in [-0.4, -0.2) is 44.8 Å². The van der Waals surface area contributed by atoms with E-state index in [0.717, 1.165) is 5.56 Å². The van der Waals surface area contributed by atoms with Gasteiger partial charge in [0.2, 0.25) is 21.8 Å². The van der Waals surface area contributed by atoms with Gasteiger partial charge in [-0.05, 0) is 30.0 Å². The van der Waals surface area contributed by atoms with E-state index in [-0.39, 0.29) is 23.1 Å². The highest BCUT2D eigenvalue weighted by Gasteiger charge is 2.12. The van der Waals surface area contributed by atoms with Crippen molar-refractivity contribution in [3.8, 4) is 0 Å². The monoisotopic (exact) mass is 369 g/mol. The first-order valence-corrected chi connectivity index (χ1v) is 9.78. The van der Waals surface area contributed by atoms with E-state index in [2.05, 4.69) is 5.32 Å². The minimum absolute atomic E-state index is 0.0311. The number of sulfonamides is 1. The SMILES string of the molecule is CC(=O)N(CCC(=O)NCCc1ccc(S(N)(=O)=O)cc1)CC(C)C. The summed E-state index contributed by atoms with van der Waals surface area (Å²) in [6.45, 7) is 7.04. The summed E-state index contributed by atoms with van der Waals surface area (Å²) in [5, 5.41) is 7.85. The number of nitrogens with two attached hydrogens (primary N) is 1. The fraction of sp³-hybridized carbons (Fsp3) is 0.529. The highest BCUT2D eigenvalue weighted by molar-refractivity contribution is 7.89. The van der Waals surface area contributed by atoms with Gasteiger partial charge in [-0.1, -0.05) is 26.0 Å². The van der Waals surface area contributed by atoms with E-state index >= 15 is 0 Å². The Morgan fingerprint density at radius 2 is 1.80 bits per heavy atom. The fourth-order valence-corrected chi connectivity index (χ4v) is 2.85. The topological polar surface area (TPSA) is 110 Å². The van der Waals surface area contributed by atoms with E-state index in [0.29, 0.717) is 32.0 Å². The number of benzene rings is 1. The molecule has 25 heavy (non-hydrogen) atoms. The number of nitrogens with zero attached hydrogens (tertiary/aromatic N) is 1. The standard InChI is InChI=1S/C17H27N3O4S/c1-13(2)12-20(14(3)21)11-9-17(22)19-10-8-15-4-6-16(7-5-15)25(18,23)24/h4-7,13H,8-12H2,1-3H3,(H,19,22)(H2,18,23,24). The molecule has 8 heteroatoms. The lowest BCUT2D eigenvalue weighted by atomic mass is 10.1. The number of nitrogens with one attached hydrogen (secondary N) is 1. The molecule has 0 atom stereocenters. The number of rotatable bonds is 9. The average Bonchev–Trinajstić information content (AvgIpc) is 2.50. The molecule has 0 aromatic heterocycles. The maximum absolute atomic E-state index is 11.9. The molecule has 0 saturated carbocycles. The molecule has 1 rings (SSSR count). The summed E-state index contributed by atoms with van der Waals surface area (Å²) < 4.78 is 22.4. The lowest BCUT2D eigenvalue weighted by Gasteiger charge is -2.22. The van der Waals surface area contributed by atoms with Crippen molar-refractivity contribution in [1.82, 2.24) is 10.2 Å². The molecular formula is C17H27N3O4S. The summed E-state index contributed by atoms with van der Waals surface area (Å²) >= 11 is 0. The fourth-order valence-electron chi connectivity index (χ4n) is 2.34. The lowest BCUT2D eigenvalue weighted by molar-refractivity contribution is -0.130. The second-order valence-corrected chi connectivity index (χ2v) is 7.96. The summed E-state index contributed by atoms with van der Waals surface area (Å²) in [6.07, 6.45) is 0.843. The molecule has 0 aliphatic carbocycles. The Morgan fingerprint density at radius 3 is 2.28 bits per heavy atom. The smallest absolute Gasteiger partial charge is 0.238 e. The molecule has 0 unspecified atom stereocenters. The van der Waals surface area contributed by atoms with Crippen LogP contribution in [-0.2, 0) is 26.0 Å². The second-order valence-electron chi connectivity index (χ2n) is 6.40. The normalized spacial score (nSPS) is 11.4. The van der Waals surface area contributed by atoms with Crippen LogP contribution in [0.15, 0.2) is 29.2 Å². The van der Waals surface area contributed by atoms with Crippen LogP contribution in [0.1, 0.15) is 32.8 Å². The van der Waals surface area contributed by atoms with Crippen molar-refractivity contribution < 1.29 is 18.0 Å². The van der Waals surface area contributed by atoms with Crippen LogP contribution in [0.3, 0.4) is 0 Å². The van der Waals surface area contributed by atoms with Gasteiger partial charge in [0, 0.05) is 33.0 Å². The quantitative estimate of drug-likeness (QED) is 0.673. The molecule has 0 heterocycles. The van der Waals surface area contributed by atoms with Crippen LogP contribution in [0.2, 0.25) is 0 Å². The van der Waals surface area contributed by atoms with Crippen molar-refractivity contribution in [2.45, 2.75) is 38.5 Å². The largest absolute Gasteiger partial charge is 0.356 e. The van der Waals surface area contributed by atoms with Gasteiger partial charge in [0.1, 0.15) is 0 Å². The van der Waals surface area contributed by atoms with E-state index < -0.39 is 10.0 Å². The van der Waals surface area contributed by atoms with Crippen molar-refractivity contribution in [2.75, 3.05) is 19.6 Å². The molecule has 1 aromatic rings. The van der Waals surface area contributed by atoms with Gasteiger partial charge in [-0.3, -0.25) is 9.59 Å². The van der Waals surface area contributed by atoms with Gasteiger partial charge in [0.05, 0.1) is 4.90 Å². The van der Waals surface area contributed by atoms with Crippen LogP contribution in [0.25, 0.3) is 0 Å². The Morgan fingerprint density at radius 1 is 1.20 bits per heavy atom. The third-order valence-electron chi connectivity index (χ3n) is 3.63. The minimum atomic E-state index is -3.69. The highest BCUT2D eigenvalue weighted by Crippen LogP contribution is 2.09. The number of hydrogen-bond donors (Lipinski definition) is 2. The van der Waals surface area contributed by atoms with Gasteiger partial charge < -0.3 is 10.2 Å². The third kappa shape index (κ3) is 8.13. The van der Waals surface area contributed by atoms with E-state index in [1.165, 1.54) is 19.1 Å². The predicted octanol–water partition coefficient (Wildman–Crippen LogP) is 0.887. The van der Waals surface area contributed by atoms with Crippen LogP contribution in [0.5, 0.6) is 0 Å². The molecule has 0 spiro atoms. The van der Waals surface area contributed by atoms with Crippen molar-refractivity contribution in [2.24, 2.45) is 11.1 Å². The van der Waals surface area contributed by atoms with E-state index in [9.17, 15) is 18.0 Å². The number of carbonyl (C=O) groups is 2. The second kappa shape index (κ2) is 9.53. The molecule has 0 saturated heterocycles. The summed E-state index contributed by atoms with van der Waals surface area (Å²) in [5.74, 6) is 0.208. The Hall–Kier alpha value is -1.93.